The van der Waals surface area contributed by atoms with Crippen LogP contribution < -0.4 is 10.6 Å². The van der Waals surface area contributed by atoms with Crippen molar-refractivity contribution in [3.63, 3.8) is 0 Å². The average molecular weight is 359 g/mol. The summed E-state index contributed by atoms with van der Waals surface area (Å²) in [5.41, 5.74) is 1.70. The van der Waals surface area contributed by atoms with Crippen LogP contribution in [0.5, 0.6) is 0 Å². The van der Waals surface area contributed by atoms with Crippen LogP contribution in [-0.2, 0) is 11.2 Å². The molecule has 1 aliphatic rings. The quantitative estimate of drug-likeness (QED) is 0.614. The number of aromatic nitrogens is 2. The van der Waals surface area contributed by atoms with Crippen molar-refractivity contribution in [1.29, 1.82) is 0 Å². The van der Waals surface area contributed by atoms with Gasteiger partial charge in [0.25, 0.3) is 0 Å². The van der Waals surface area contributed by atoms with Crippen molar-refractivity contribution >= 4 is 5.96 Å². The zero-order valence-corrected chi connectivity index (χ0v) is 15.3. The van der Waals surface area contributed by atoms with Gasteiger partial charge in [-0.05, 0) is 50.1 Å². The van der Waals surface area contributed by atoms with Gasteiger partial charge in [-0.15, -0.1) is 0 Å². The second-order valence-electron chi connectivity index (χ2n) is 6.73. The van der Waals surface area contributed by atoms with Crippen LogP contribution in [0.25, 0.3) is 5.69 Å². The maximum atomic E-state index is 13.0. The van der Waals surface area contributed by atoms with Crippen LogP contribution in [0.3, 0.4) is 0 Å². The third-order valence-corrected chi connectivity index (χ3v) is 4.56. The topological polar surface area (TPSA) is 63.5 Å². The number of hydrogen-bond acceptors (Lipinski definition) is 3. The monoisotopic (exact) mass is 359 g/mol. The van der Waals surface area contributed by atoms with Crippen molar-refractivity contribution in [3.8, 4) is 5.69 Å². The van der Waals surface area contributed by atoms with E-state index in [0.717, 1.165) is 56.3 Å². The van der Waals surface area contributed by atoms with Gasteiger partial charge in [0.1, 0.15) is 5.82 Å². The molecule has 140 valence electrons. The van der Waals surface area contributed by atoms with Crippen LogP contribution in [0, 0.1) is 5.82 Å². The first-order valence-electron chi connectivity index (χ1n) is 8.97. The van der Waals surface area contributed by atoms with Crippen molar-refractivity contribution in [2.45, 2.75) is 31.8 Å². The molecule has 0 amide bonds. The van der Waals surface area contributed by atoms with Crippen molar-refractivity contribution < 1.29 is 9.13 Å². The van der Waals surface area contributed by atoms with Crippen LogP contribution in [0.4, 0.5) is 4.39 Å². The molecular weight excluding hydrogens is 333 g/mol. The molecule has 26 heavy (non-hydrogen) atoms. The Morgan fingerprint density at radius 1 is 1.31 bits per heavy atom. The van der Waals surface area contributed by atoms with Crippen molar-refractivity contribution in [3.05, 3.63) is 48.0 Å². The predicted molar refractivity (Wildman–Crippen MR) is 100 cm³/mol. The standard InChI is InChI=1S/C19H26FN5O/c1-19(10-3-13-26-19)14-23-18(21-2)22-11-8-16-9-12-25(24-16)17-6-4-15(20)5-7-17/h4-7,9,12H,3,8,10-11,13-14H2,1-2H3,(H2,21,22,23). The van der Waals surface area contributed by atoms with Gasteiger partial charge in [-0.1, -0.05) is 0 Å². The maximum absolute atomic E-state index is 13.0. The molecule has 1 fully saturated rings. The number of benzene rings is 1. The molecule has 1 aliphatic heterocycles. The highest BCUT2D eigenvalue weighted by Gasteiger charge is 2.29. The minimum absolute atomic E-state index is 0.106. The second-order valence-corrected chi connectivity index (χ2v) is 6.73. The highest BCUT2D eigenvalue weighted by Crippen LogP contribution is 2.23. The van der Waals surface area contributed by atoms with Crippen LogP contribution in [0.1, 0.15) is 25.5 Å². The molecule has 1 aromatic heterocycles. The minimum atomic E-state index is -0.249. The van der Waals surface area contributed by atoms with E-state index in [1.165, 1.54) is 12.1 Å². The number of guanidine groups is 1. The van der Waals surface area contributed by atoms with Gasteiger partial charge >= 0.3 is 0 Å². The van der Waals surface area contributed by atoms with Crippen LogP contribution >= 0.6 is 0 Å². The van der Waals surface area contributed by atoms with Crippen molar-refractivity contribution in [2.75, 3.05) is 26.7 Å². The van der Waals surface area contributed by atoms with Gasteiger partial charge in [0, 0.05) is 39.4 Å². The van der Waals surface area contributed by atoms with E-state index >= 15 is 0 Å². The number of nitrogens with one attached hydrogen (secondary N) is 2. The molecule has 0 aliphatic carbocycles. The van der Waals surface area contributed by atoms with Gasteiger partial charge < -0.3 is 15.4 Å². The largest absolute Gasteiger partial charge is 0.373 e. The third kappa shape index (κ3) is 4.82. The highest BCUT2D eigenvalue weighted by atomic mass is 19.1. The summed E-state index contributed by atoms with van der Waals surface area (Å²) in [5, 5.41) is 11.2. The summed E-state index contributed by atoms with van der Waals surface area (Å²) in [6.45, 7) is 4.42. The smallest absolute Gasteiger partial charge is 0.191 e. The van der Waals surface area contributed by atoms with E-state index in [2.05, 4.69) is 27.6 Å². The van der Waals surface area contributed by atoms with Gasteiger partial charge in [0.2, 0.25) is 0 Å². The van der Waals surface area contributed by atoms with Gasteiger partial charge in [0.15, 0.2) is 5.96 Å². The molecule has 2 aromatic rings. The van der Waals surface area contributed by atoms with E-state index in [4.69, 9.17) is 4.74 Å². The number of halogens is 1. The Bertz CT molecular complexity index is 735. The summed E-state index contributed by atoms with van der Waals surface area (Å²) in [7, 11) is 1.76. The fraction of sp³-hybridized carbons (Fsp3) is 0.474. The predicted octanol–water partition coefficient (Wildman–Crippen LogP) is 2.29. The molecule has 6 nitrogen and oxygen atoms in total. The summed E-state index contributed by atoms with van der Waals surface area (Å²) in [4.78, 5) is 4.25. The Kier molecular flexibility index (Phi) is 5.88. The van der Waals surface area contributed by atoms with E-state index < -0.39 is 0 Å². The Hall–Kier alpha value is -2.41. The highest BCUT2D eigenvalue weighted by molar-refractivity contribution is 5.79. The molecule has 0 spiro atoms. The molecule has 0 radical (unpaired) electrons. The average Bonchev–Trinajstić information content (AvgIpc) is 3.28. The Balaban J connectivity index is 1.46. The molecule has 1 atom stereocenters. The third-order valence-electron chi connectivity index (χ3n) is 4.56. The zero-order valence-electron chi connectivity index (χ0n) is 15.3. The number of rotatable bonds is 6. The SMILES string of the molecule is CN=C(NCCc1ccn(-c2ccc(F)cc2)n1)NCC1(C)CCCO1. The van der Waals surface area contributed by atoms with Gasteiger partial charge in [0.05, 0.1) is 17.0 Å². The molecule has 3 rings (SSSR count). The molecule has 0 saturated carbocycles. The molecule has 2 N–H and O–H groups in total. The van der Waals surface area contributed by atoms with Crippen LogP contribution in [0.2, 0.25) is 0 Å². The summed E-state index contributed by atoms with van der Waals surface area (Å²) < 4.78 is 20.5. The maximum Gasteiger partial charge on any atom is 0.191 e. The fourth-order valence-corrected chi connectivity index (χ4v) is 3.01. The summed E-state index contributed by atoms with van der Waals surface area (Å²) in [5.74, 6) is 0.515. The molecule has 2 heterocycles. The Labute approximate surface area is 153 Å². The normalized spacial score (nSPS) is 20.3. The number of hydrogen-bond donors (Lipinski definition) is 2. The first-order valence-corrected chi connectivity index (χ1v) is 8.97. The number of nitrogens with zero attached hydrogens (tertiary/aromatic N) is 3. The van der Waals surface area contributed by atoms with E-state index in [-0.39, 0.29) is 11.4 Å². The van der Waals surface area contributed by atoms with Crippen LogP contribution in [0.15, 0.2) is 41.5 Å². The lowest BCUT2D eigenvalue weighted by Gasteiger charge is -2.24. The van der Waals surface area contributed by atoms with Crippen LogP contribution in [-0.4, -0.2) is 48.1 Å². The molecule has 0 bridgehead atoms. The molecule has 1 unspecified atom stereocenters. The van der Waals surface area contributed by atoms with E-state index in [0.29, 0.717) is 0 Å². The van der Waals surface area contributed by atoms with Gasteiger partial charge in [-0.2, -0.15) is 5.10 Å². The molecular formula is C19H26FN5O. The molecule has 7 heteroatoms. The summed E-state index contributed by atoms with van der Waals surface area (Å²) in [6, 6.07) is 8.25. The lowest BCUT2D eigenvalue weighted by Crippen LogP contribution is -2.45. The molecule has 1 aromatic carbocycles. The first kappa shape index (κ1) is 18.4. The van der Waals surface area contributed by atoms with Crippen molar-refractivity contribution in [1.82, 2.24) is 20.4 Å². The lowest BCUT2D eigenvalue weighted by molar-refractivity contribution is 0.0243. The number of ether oxygens (including phenoxy) is 1. The van der Waals surface area contributed by atoms with E-state index in [1.807, 2.05) is 12.3 Å². The van der Waals surface area contributed by atoms with E-state index in [9.17, 15) is 4.39 Å². The lowest BCUT2D eigenvalue weighted by atomic mass is 10.0. The summed E-state index contributed by atoms with van der Waals surface area (Å²) in [6.07, 6.45) is 4.83. The van der Waals surface area contributed by atoms with E-state index in [1.54, 1.807) is 23.9 Å². The van der Waals surface area contributed by atoms with Gasteiger partial charge in [-0.25, -0.2) is 9.07 Å². The Morgan fingerprint density at radius 2 is 2.12 bits per heavy atom. The Morgan fingerprint density at radius 3 is 2.81 bits per heavy atom. The van der Waals surface area contributed by atoms with Crippen molar-refractivity contribution in [2.24, 2.45) is 4.99 Å². The number of aliphatic imine (C=N–C) groups is 1. The minimum Gasteiger partial charge on any atom is -0.373 e. The summed E-state index contributed by atoms with van der Waals surface area (Å²) >= 11 is 0. The van der Waals surface area contributed by atoms with Gasteiger partial charge in [-0.3, -0.25) is 4.99 Å². The molecule has 1 saturated heterocycles. The first-order chi connectivity index (χ1) is 12.6. The second kappa shape index (κ2) is 8.31. The fourth-order valence-electron chi connectivity index (χ4n) is 3.01. The zero-order chi connectivity index (χ0) is 18.4.